The Bertz CT molecular complexity index is 459. The van der Waals surface area contributed by atoms with Crippen molar-refractivity contribution in [1.29, 1.82) is 0 Å². The second-order valence-corrected chi connectivity index (χ2v) is 6.12. The van der Waals surface area contributed by atoms with Crippen molar-refractivity contribution in [3.63, 3.8) is 0 Å². The SMILES string of the molecule is CCCCN(CCCC)CCCOc1ccc(CCN=C=O)cc1. The fraction of sp³-hybridized carbons (Fsp3) is 0.650. The van der Waals surface area contributed by atoms with E-state index in [1.807, 2.05) is 24.3 Å². The quantitative estimate of drug-likeness (QED) is 0.291. The summed E-state index contributed by atoms with van der Waals surface area (Å²) in [6.45, 7) is 9.26. The minimum absolute atomic E-state index is 0.495. The molecule has 0 aliphatic carbocycles. The van der Waals surface area contributed by atoms with Gasteiger partial charge < -0.3 is 9.64 Å². The molecule has 0 fully saturated rings. The Kier molecular flexibility index (Phi) is 11.7. The van der Waals surface area contributed by atoms with Crippen LogP contribution in [0.4, 0.5) is 0 Å². The summed E-state index contributed by atoms with van der Waals surface area (Å²) in [5.41, 5.74) is 1.16. The molecule has 0 spiro atoms. The molecule has 134 valence electrons. The summed E-state index contributed by atoms with van der Waals surface area (Å²) in [5, 5.41) is 0. The predicted octanol–water partition coefficient (Wildman–Crippen LogP) is 4.24. The average Bonchev–Trinajstić information content (AvgIpc) is 2.61. The van der Waals surface area contributed by atoms with E-state index in [4.69, 9.17) is 4.74 Å². The van der Waals surface area contributed by atoms with Crippen LogP contribution >= 0.6 is 0 Å². The lowest BCUT2D eigenvalue weighted by Gasteiger charge is -2.21. The first-order chi connectivity index (χ1) is 11.8. The van der Waals surface area contributed by atoms with Crippen LogP contribution < -0.4 is 4.74 Å². The number of unbranched alkanes of at least 4 members (excludes halogenated alkanes) is 2. The Morgan fingerprint density at radius 3 is 2.21 bits per heavy atom. The summed E-state index contributed by atoms with van der Waals surface area (Å²) in [6.07, 6.45) is 8.45. The van der Waals surface area contributed by atoms with Gasteiger partial charge in [0.2, 0.25) is 6.08 Å². The van der Waals surface area contributed by atoms with Gasteiger partial charge in [-0.25, -0.2) is 9.79 Å². The van der Waals surface area contributed by atoms with Crippen molar-refractivity contribution >= 4 is 6.08 Å². The normalized spacial score (nSPS) is 10.6. The van der Waals surface area contributed by atoms with E-state index in [1.165, 1.54) is 38.8 Å². The van der Waals surface area contributed by atoms with Gasteiger partial charge in [0.25, 0.3) is 0 Å². The first-order valence-corrected chi connectivity index (χ1v) is 9.27. The van der Waals surface area contributed by atoms with Crippen LogP contribution in [0, 0.1) is 0 Å². The van der Waals surface area contributed by atoms with Crippen LogP contribution in [-0.4, -0.2) is 43.8 Å². The van der Waals surface area contributed by atoms with Crippen LogP contribution in [0.2, 0.25) is 0 Å². The Balaban J connectivity index is 2.25. The van der Waals surface area contributed by atoms with Crippen molar-refractivity contribution in [1.82, 2.24) is 4.90 Å². The molecule has 0 aromatic heterocycles. The third kappa shape index (κ3) is 9.49. The van der Waals surface area contributed by atoms with Gasteiger partial charge in [0, 0.05) is 6.54 Å². The zero-order valence-corrected chi connectivity index (χ0v) is 15.3. The number of isocyanates is 1. The van der Waals surface area contributed by atoms with E-state index in [0.717, 1.165) is 37.3 Å². The zero-order chi connectivity index (χ0) is 17.5. The summed E-state index contributed by atoms with van der Waals surface area (Å²) in [5.74, 6) is 0.909. The first-order valence-electron chi connectivity index (χ1n) is 9.27. The van der Waals surface area contributed by atoms with Crippen LogP contribution in [0.5, 0.6) is 5.75 Å². The minimum atomic E-state index is 0.495. The maximum atomic E-state index is 10.0. The Hall–Kier alpha value is -1.64. The summed E-state index contributed by atoms with van der Waals surface area (Å²) in [4.78, 5) is 16.2. The van der Waals surface area contributed by atoms with Crippen molar-refractivity contribution in [3.8, 4) is 5.75 Å². The largest absolute Gasteiger partial charge is 0.494 e. The van der Waals surface area contributed by atoms with E-state index in [0.29, 0.717) is 6.54 Å². The second-order valence-electron chi connectivity index (χ2n) is 6.12. The third-order valence-corrected chi connectivity index (χ3v) is 4.04. The van der Waals surface area contributed by atoms with Crippen LogP contribution in [0.15, 0.2) is 29.3 Å². The number of ether oxygens (including phenoxy) is 1. The molecule has 0 aliphatic heterocycles. The van der Waals surface area contributed by atoms with Crippen LogP contribution in [0.1, 0.15) is 51.5 Å². The van der Waals surface area contributed by atoms with Gasteiger partial charge in [-0.05, 0) is 56.5 Å². The molecule has 0 unspecified atom stereocenters. The number of nitrogens with zero attached hydrogens (tertiary/aromatic N) is 2. The summed E-state index contributed by atoms with van der Waals surface area (Å²) in [6, 6.07) is 8.05. The predicted molar refractivity (Wildman–Crippen MR) is 99.5 cm³/mol. The smallest absolute Gasteiger partial charge is 0.234 e. The Morgan fingerprint density at radius 1 is 1.00 bits per heavy atom. The highest BCUT2D eigenvalue weighted by Crippen LogP contribution is 2.13. The van der Waals surface area contributed by atoms with Gasteiger partial charge in [-0.3, -0.25) is 0 Å². The van der Waals surface area contributed by atoms with Crippen molar-refractivity contribution in [3.05, 3.63) is 29.8 Å². The number of rotatable bonds is 14. The third-order valence-electron chi connectivity index (χ3n) is 4.04. The summed E-state index contributed by atoms with van der Waals surface area (Å²) >= 11 is 0. The van der Waals surface area contributed by atoms with E-state index in [1.54, 1.807) is 6.08 Å². The molecule has 0 radical (unpaired) electrons. The molecular weight excluding hydrogens is 300 g/mol. The fourth-order valence-electron chi connectivity index (χ4n) is 2.56. The zero-order valence-electron chi connectivity index (χ0n) is 15.3. The van der Waals surface area contributed by atoms with Crippen LogP contribution in [-0.2, 0) is 11.2 Å². The molecule has 1 aromatic carbocycles. The van der Waals surface area contributed by atoms with Gasteiger partial charge >= 0.3 is 0 Å². The van der Waals surface area contributed by atoms with Gasteiger partial charge in [0.15, 0.2) is 0 Å². The van der Waals surface area contributed by atoms with Crippen molar-refractivity contribution in [2.45, 2.75) is 52.4 Å². The minimum Gasteiger partial charge on any atom is -0.494 e. The average molecular weight is 332 g/mol. The second kappa shape index (κ2) is 13.8. The lowest BCUT2D eigenvalue weighted by Crippen LogP contribution is -2.28. The van der Waals surface area contributed by atoms with E-state index in [2.05, 4.69) is 23.7 Å². The molecule has 0 saturated carbocycles. The molecule has 0 amide bonds. The molecule has 0 atom stereocenters. The molecule has 0 saturated heterocycles. The number of hydrogen-bond acceptors (Lipinski definition) is 4. The molecule has 24 heavy (non-hydrogen) atoms. The molecule has 4 nitrogen and oxygen atoms in total. The van der Waals surface area contributed by atoms with Gasteiger partial charge in [0.1, 0.15) is 5.75 Å². The van der Waals surface area contributed by atoms with Gasteiger partial charge in [0.05, 0.1) is 13.2 Å². The molecule has 0 heterocycles. The standard InChI is InChI=1S/C20H32N2O2/c1-3-5-14-22(15-6-4-2)16-7-17-24-20-10-8-19(9-11-20)12-13-21-18-23/h8-11H,3-7,12-17H2,1-2H3. The molecule has 4 heteroatoms. The molecule has 0 bridgehead atoms. The Morgan fingerprint density at radius 2 is 1.62 bits per heavy atom. The molecule has 1 aromatic rings. The van der Waals surface area contributed by atoms with E-state index in [9.17, 15) is 4.79 Å². The maximum absolute atomic E-state index is 10.0. The molecule has 1 rings (SSSR count). The molecule has 0 N–H and O–H groups in total. The lowest BCUT2D eigenvalue weighted by molar-refractivity contribution is 0.229. The number of aliphatic imine (C=N–C) groups is 1. The van der Waals surface area contributed by atoms with Crippen molar-refractivity contribution in [2.75, 3.05) is 32.8 Å². The highest BCUT2D eigenvalue weighted by Gasteiger charge is 2.04. The topological polar surface area (TPSA) is 41.9 Å². The highest BCUT2D eigenvalue weighted by atomic mass is 16.5. The van der Waals surface area contributed by atoms with E-state index in [-0.39, 0.29) is 0 Å². The summed E-state index contributed by atoms with van der Waals surface area (Å²) in [7, 11) is 0. The number of carbonyl (C=O) groups excluding carboxylic acids is 1. The maximum Gasteiger partial charge on any atom is 0.234 e. The van der Waals surface area contributed by atoms with Crippen molar-refractivity contribution < 1.29 is 9.53 Å². The van der Waals surface area contributed by atoms with Gasteiger partial charge in [-0.1, -0.05) is 38.8 Å². The monoisotopic (exact) mass is 332 g/mol. The molecule has 0 aliphatic rings. The lowest BCUT2D eigenvalue weighted by atomic mass is 10.1. The van der Waals surface area contributed by atoms with E-state index >= 15 is 0 Å². The van der Waals surface area contributed by atoms with Crippen LogP contribution in [0.25, 0.3) is 0 Å². The fourth-order valence-corrected chi connectivity index (χ4v) is 2.56. The van der Waals surface area contributed by atoms with Gasteiger partial charge in [-0.15, -0.1) is 0 Å². The highest BCUT2D eigenvalue weighted by molar-refractivity contribution is 5.33. The summed E-state index contributed by atoms with van der Waals surface area (Å²) < 4.78 is 5.83. The van der Waals surface area contributed by atoms with Gasteiger partial charge in [-0.2, -0.15) is 0 Å². The van der Waals surface area contributed by atoms with Crippen molar-refractivity contribution in [2.24, 2.45) is 4.99 Å². The first kappa shape index (κ1) is 20.4. The number of benzene rings is 1. The Labute approximate surface area is 146 Å². The van der Waals surface area contributed by atoms with E-state index < -0.39 is 0 Å². The van der Waals surface area contributed by atoms with Crippen LogP contribution in [0.3, 0.4) is 0 Å². The molecular formula is C20H32N2O2. The number of hydrogen-bond donors (Lipinski definition) is 0.